The van der Waals surface area contributed by atoms with Gasteiger partial charge in [-0.15, -0.1) is 0 Å². The van der Waals surface area contributed by atoms with Crippen LogP contribution in [0.2, 0.25) is 5.02 Å². The van der Waals surface area contributed by atoms with Crippen LogP contribution in [0.5, 0.6) is 0 Å². The van der Waals surface area contributed by atoms with E-state index < -0.39 is 0 Å². The molecule has 0 saturated heterocycles. The molecule has 0 unspecified atom stereocenters. The summed E-state index contributed by atoms with van der Waals surface area (Å²) in [6.07, 6.45) is 0. The molecule has 20 heavy (non-hydrogen) atoms. The number of hydrogen-bond acceptors (Lipinski definition) is 3. The summed E-state index contributed by atoms with van der Waals surface area (Å²) >= 11 is 6.02. The standard InChI is InChI=1S/C15H24ClN3O/c1-10(2)19(11(3)4)8-7-18-15(20)13-6-5-12(17)9-14(13)16/h5-6,9-11H,7-8,17H2,1-4H3,(H,18,20). The Hall–Kier alpha value is -1.26. The number of benzene rings is 1. The fourth-order valence-corrected chi connectivity index (χ4v) is 2.50. The molecule has 0 atom stereocenters. The van der Waals surface area contributed by atoms with Gasteiger partial charge in [0.2, 0.25) is 0 Å². The number of carbonyl (C=O) groups is 1. The minimum absolute atomic E-state index is 0.164. The van der Waals surface area contributed by atoms with E-state index in [-0.39, 0.29) is 5.91 Å². The molecule has 1 amide bonds. The molecule has 3 N–H and O–H groups in total. The first-order valence-electron chi connectivity index (χ1n) is 6.92. The molecule has 0 radical (unpaired) electrons. The average molecular weight is 298 g/mol. The van der Waals surface area contributed by atoms with Gasteiger partial charge in [-0.2, -0.15) is 0 Å². The smallest absolute Gasteiger partial charge is 0.252 e. The maximum Gasteiger partial charge on any atom is 0.252 e. The zero-order chi connectivity index (χ0) is 15.3. The Morgan fingerprint density at radius 3 is 2.40 bits per heavy atom. The number of hydrogen-bond donors (Lipinski definition) is 2. The van der Waals surface area contributed by atoms with Crippen LogP contribution in [0.4, 0.5) is 5.69 Å². The molecule has 0 spiro atoms. The second-order valence-corrected chi connectivity index (χ2v) is 5.83. The van der Waals surface area contributed by atoms with Crippen molar-refractivity contribution in [1.29, 1.82) is 0 Å². The van der Waals surface area contributed by atoms with E-state index in [9.17, 15) is 4.79 Å². The van der Waals surface area contributed by atoms with Gasteiger partial charge in [0.1, 0.15) is 0 Å². The van der Waals surface area contributed by atoms with Gasteiger partial charge in [0.25, 0.3) is 5.91 Å². The number of carbonyl (C=O) groups excluding carboxylic acids is 1. The summed E-state index contributed by atoms with van der Waals surface area (Å²) in [5.74, 6) is -0.164. The first-order chi connectivity index (χ1) is 9.32. The van der Waals surface area contributed by atoms with E-state index in [2.05, 4.69) is 37.9 Å². The predicted octanol–water partition coefficient (Wildman–Crippen LogP) is 2.77. The normalized spacial score (nSPS) is 11.4. The van der Waals surface area contributed by atoms with Crippen LogP contribution < -0.4 is 11.1 Å². The third kappa shape index (κ3) is 4.69. The zero-order valence-electron chi connectivity index (χ0n) is 12.6. The molecule has 0 saturated carbocycles. The molecular formula is C15H24ClN3O. The number of rotatable bonds is 6. The average Bonchev–Trinajstić information content (AvgIpc) is 2.33. The molecule has 4 nitrogen and oxygen atoms in total. The van der Waals surface area contributed by atoms with E-state index in [0.29, 0.717) is 34.9 Å². The largest absolute Gasteiger partial charge is 0.399 e. The molecule has 1 rings (SSSR count). The van der Waals surface area contributed by atoms with Crippen LogP contribution in [0.1, 0.15) is 38.1 Å². The van der Waals surface area contributed by atoms with Gasteiger partial charge in [-0.3, -0.25) is 9.69 Å². The molecule has 0 heterocycles. The fourth-order valence-electron chi connectivity index (χ4n) is 2.22. The van der Waals surface area contributed by atoms with Crippen LogP contribution in [0.15, 0.2) is 18.2 Å². The molecule has 0 bridgehead atoms. The maximum atomic E-state index is 12.0. The number of halogens is 1. The Bertz CT molecular complexity index is 452. The summed E-state index contributed by atoms with van der Waals surface area (Å²) in [7, 11) is 0. The molecule has 5 heteroatoms. The topological polar surface area (TPSA) is 58.4 Å². The van der Waals surface area contributed by atoms with Gasteiger partial charge in [-0.05, 0) is 45.9 Å². The van der Waals surface area contributed by atoms with E-state index in [1.165, 1.54) is 0 Å². The van der Waals surface area contributed by atoms with Gasteiger partial charge in [-0.25, -0.2) is 0 Å². The minimum atomic E-state index is -0.164. The molecule has 1 aromatic rings. The van der Waals surface area contributed by atoms with Crippen molar-refractivity contribution in [2.75, 3.05) is 18.8 Å². The second-order valence-electron chi connectivity index (χ2n) is 5.42. The lowest BCUT2D eigenvalue weighted by Crippen LogP contribution is -2.42. The SMILES string of the molecule is CC(C)N(CCNC(=O)c1ccc(N)cc1Cl)C(C)C. The predicted molar refractivity (Wildman–Crippen MR) is 85.2 cm³/mol. The van der Waals surface area contributed by atoms with Crippen LogP contribution in [0, 0.1) is 0 Å². The van der Waals surface area contributed by atoms with Gasteiger partial charge in [0.15, 0.2) is 0 Å². The summed E-state index contributed by atoms with van der Waals surface area (Å²) in [6, 6.07) is 5.81. The van der Waals surface area contributed by atoms with Gasteiger partial charge in [0, 0.05) is 30.9 Å². The van der Waals surface area contributed by atoms with Gasteiger partial charge in [0.05, 0.1) is 10.6 Å². The highest BCUT2D eigenvalue weighted by Gasteiger charge is 2.14. The lowest BCUT2D eigenvalue weighted by atomic mass is 10.2. The number of nitrogen functional groups attached to an aromatic ring is 1. The molecule has 0 aliphatic rings. The number of anilines is 1. The van der Waals surface area contributed by atoms with E-state index in [0.717, 1.165) is 6.54 Å². The minimum Gasteiger partial charge on any atom is -0.399 e. The molecule has 0 fully saturated rings. The Balaban J connectivity index is 2.55. The number of nitrogens with zero attached hydrogens (tertiary/aromatic N) is 1. The third-order valence-corrected chi connectivity index (χ3v) is 3.53. The van der Waals surface area contributed by atoms with Crippen molar-refractivity contribution in [3.05, 3.63) is 28.8 Å². The molecule has 0 aliphatic heterocycles. The fraction of sp³-hybridized carbons (Fsp3) is 0.533. The van der Waals surface area contributed by atoms with Crippen molar-refractivity contribution < 1.29 is 4.79 Å². The Morgan fingerprint density at radius 2 is 1.90 bits per heavy atom. The quantitative estimate of drug-likeness (QED) is 0.794. The van der Waals surface area contributed by atoms with Crippen molar-refractivity contribution in [2.24, 2.45) is 0 Å². The van der Waals surface area contributed by atoms with E-state index >= 15 is 0 Å². The van der Waals surface area contributed by atoms with Crippen LogP contribution in [-0.4, -0.2) is 36.0 Å². The van der Waals surface area contributed by atoms with Gasteiger partial charge in [-0.1, -0.05) is 11.6 Å². The number of nitrogens with two attached hydrogens (primary N) is 1. The third-order valence-electron chi connectivity index (χ3n) is 3.22. The molecule has 0 aromatic heterocycles. The maximum absolute atomic E-state index is 12.0. The first kappa shape index (κ1) is 16.8. The van der Waals surface area contributed by atoms with Crippen molar-refractivity contribution in [1.82, 2.24) is 10.2 Å². The van der Waals surface area contributed by atoms with Crippen LogP contribution in [-0.2, 0) is 0 Å². The van der Waals surface area contributed by atoms with Crippen molar-refractivity contribution in [3.8, 4) is 0 Å². The Labute approximate surface area is 126 Å². The summed E-state index contributed by atoms with van der Waals surface area (Å²) in [5, 5.41) is 3.28. The highest BCUT2D eigenvalue weighted by atomic mass is 35.5. The number of nitrogens with one attached hydrogen (secondary N) is 1. The summed E-state index contributed by atoms with van der Waals surface area (Å²) in [4.78, 5) is 14.4. The lowest BCUT2D eigenvalue weighted by Gasteiger charge is -2.30. The van der Waals surface area contributed by atoms with Gasteiger partial charge < -0.3 is 11.1 Å². The summed E-state index contributed by atoms with van der Waals surface area (Å²) < 4.78 is 0. The van der Waals surface area contributed by atoms with Crippen LogP contribution in [0.25, 0.3) is 0 Å². The van der Waals surface area contributed by atoms with E-state index in [4.69, 9.17) is 17.3 Å². The first-order valence-corrected chi connectivity index (χ1v) is 7.29. The highest BCUT2D eigenvalue weighted by molar-refractivity contribution is 6.34. The zero-order valence-corrected chi connectivity index (χ0v) is 13.4. The van der Waals surface area contributed by atoms with Crippen molar-refractivity contribution in [3.63, 3.8) is 0 Å². The lowest BCUT2D eigenvalue weighted by molar-refractivity contribution is 0.0939. The molecule has 0 aliphatic carbocycles. The van der Waals surface area contributed by atoms with Crippen LogP contribution in [0.3, 0.4) is 0 Å². The van der Waals surface area contributed by atoms with Crippen molar-refractivity contribution in [2.45, 2.75) is 39.8 Å². The Kier molecular flexibility index (Phi) is 6.30. The van der Waals surface area contributed by atoms with E-state index in [1.54, 1.807) is 18.2 Å². The number of amides is 1. The van der Waals surface area contributed by atoms with E-state index in [1.807, 2.05) is 0 Å². The Morgan fingerprint density at radius 1 is 1.30 bits per heavy atom. The van der Waals surface area contributed by atoms with Crippen molar-refractivity contribution >= 4 is 23.2 Å². The molecular weight excluding hydrogens is 274 g/mol. The summed E-state index contributed by atoms with van der Waals surface area (Å²) in [5.41, 5.74) is 6.62. The summed E-state index contributed by atoms with van der Waals surface area (Å²) in [6.45, 7) is 10.0. The highest BCUT2D eigenvalue weighted by Crippen LogP contribution is 2.18. The molecule has 1 aromatic carbocycles. The second kappa shape index (κ2) is 7.50. The van der Waals surface area contributed by atoms with Gasteiger partial charge >= 0.3 is 0 Å². The monoisotopic (exact) mass is 297 g/mol. The van der Waals surface area contributed by atoms with Crippen LogP contribution >= 0.6 is 11.6 Å². The molecule has 112 valence electrons.